The maximum Gasteiger partial charge on any atom is 0.337 e. The second kappa shape index (κ2) is 6.83. The van der Waals surface area contributed by atoms with Crippen LogP contribution in [-0.2, 0) is 14.3 Å². The molecule has 1 aliphatic rings. The van der Waals surface area contributed by atoms with Crippen molar-refractivity contribution in [3.63, 3.8) is 0 Å². The molecular weight excluding hydrogens is 192 g/mol. The summed E-state index contributed by atoms with van der Waals surface area (Å²) in [6.45, 7) is 4.47. The van der Waals surface area contributed by atoms with E-state index in [1.54, 1.807) is 0 Å². The zero-order valence-electron chi connectivity index (χ0n) is 9.83. The highest BCUT2D eigenvalue weighted by Crippen LogP contribution is 2.28. The van der Waals surface area contributed by atoms with Gasteiger partial charge in [0.05, 0.1) is 12.7 Å². The molecule has 1 rings (SSSR count). The van der Waals surface area contributed by atoms with E-state index in [-0.39, 0.29) is 18.2 Å². The van der Waals surface area contributed by atoms with Crippen LogP contribution >= 0.6 is 0 Å². The molecule has 1 heterocycles. The van der Waals surface area contributed by atoms with Crippen LogP contribution in [0.2, 0.25) is 0 Å². The van der Waals surface area contributed by atoms with E-state index in [4.69, 9.17) is 9.47 Å². The van der Waals surface area contributed by atoms with Gasteiger partial charge in [0.15, 0.2) is 6.10 Å². The van der Waals surface area contributed by atoms with Gasteiger partial charge in [-0.3, -0.25) is 0 Å². The Balaban J connectivity index is 1.95. The van der Waals surface area contributed by atoms with Crippen LogP contribution in [0, 0.1) is 0 Å². The predicted molar refractivity (Wildman–Crippen MR) is 58.7 cm³/mol. The summed E-state index contributed by atoms with van der Waals surface area (Å²) < 4.78 is 10.1. The van der Waals surface area contributed by atoms with Crippen LogP contribution in [-0.4, -0.2) is 24.8 Å². The van der Waals surface area contributed by atoms with Crippen molar-refractivity contribution in [3.05, 3.63) is 0 Å². The Morgan fingerprint density at radius 2 is 1.93 bits per heavy atom. The lowest BCUT2D eigenvalue weighted by molar-refractivity contribution is -0.144. The van der Waals surface area contributed by atoms with Crippen molar-refractivity contribution in [2.45, 2.75) is 64.6 Å². The Bertz CT molecular complexity index is 191. The fraction of sp³-hybridized carbons (Fsp3) is 0.917. The molecular formula is C12H22O3. The molecule has 88 valence electrons. The molecule has 0 N–H and O–H groups in total. The molecule has 3 nitrogen and oxygen atoms in total. The number of carbonyl (C=O) groups excluding carboxylic acids is 1. The summed E-state index contributed by atoms with van der Waals surface area (Å²) in [6, 6.07) is 0. The molecule has 0 aromatic heterocycles. The lowest BCUT2D eigenvalue weighted by Gasteiger charge is -1.98. The molecule has 0 saturated carbocycles. The first-order chi connectivity index (χ1) is 7.29. The van der Waals surface area contributed by atoms with Crippen LogP contribution in [0.1, 0.15) is 52.4 Å². The molecule has 0 spiro atoms. The van der Waals surface area contributed by atoms with Gasteiger partial charge in [-0.15, -0.1) is 0 Å². The van der Waals surface area contributed by atoms with Crippen LogP contribution < -0.4 is 0 Å². The average molecular weight is 214 g/mol. The standard InChI is InChI=1S/C12H22O3/c1-3-5-6-7-8-9-10-11(15-10)12(13)14-4-2/h10-11H,3-9H2,1-2H3/t10-,11-/m0/s1. The van der Waals surface area contributed by atoms with Crippen LogP contribution in [0.5, 0.6) is 0 Å². The number of ether oxygens (including phenoxy) is 2. The van der Waals surface area contributed by atoms with Gasteiger partial charge in [-0.2, -0.15) is 0 Å². The number of carbonyl (C=O) groups is 1. The molecule has 0 aliphatic carbocycles. The molecule has 0 aromatic carbocycles. The van der Waals surface area contributed by atoms with E-state index in [1.807, 2.05) is 6.92 Å². The highest BCUT2D eigenvalue weighted by Gasteiger charge is 2.45. The predicted octanol–water partition coefficient (Wildman–Crippen LogP) is 2.68. The summed E-state index contributed by atoms with van der Waals surface area (Å²) in [7, 11) is 0. The molecule has 2 atom stereocenters. The first-order valence-electron chi connectivity index (χ1n) is 6.11. The monoisotopic (exact) mass is 214 g/mol. The molecule has 0 unspecified atom stereocenters. The Morgan fingerprint density at radius 3 is 2.60 bits per heavy atom. The van der Waals surface area contributed by atoms with E-state index in [2.05, 4.69) is 6.92 Å². The topological polar surface area (TPSA) is 38.8 Å². The third kappa shape index (κ3) is 4.65. The smallest absolute Gasteiger partial charge is 0.337 e. The van der Waals surface area contributed by atoms with E-state index in [0.717, 1.165) is 6.42 Å². The van der Waals surface area contributed by atoms with E-state index in [0.29, 0.717) is 6.61 Å². The summed E-state index contributed by atoms with van der Waals surface area (Å²) >= 11 is 0. The largest absolute Gasteiger partial charge is 0.464 e. The van der Waals surface area contributed by atoms with E-state index >= 15 is 0 Å². The summed E-state index contributed by atoms with van der Waals surface area (Å²) in [6.07, 6.45) is 7.20. The minimum atomic E-state index is -0.254. The van der Waals surface area contributed by atoms with Crippen LogP contribution in [0.4, 0.5) is 0 Å². The number of unbranched alkanes of at least 4 members (excludes halogenated alkanes) is 4. The summed E-state index contributed by atoms with van der Waals surface area (Å²) in [5.74, 6) is -0.184. The van der Waals surface area contributed by atoms with Gasteiger partial charge >= 0.3 is 5.97 Å². The quantitative estimate of drug-likeness (QED) is 0.354. The van der Waals surface area contributed by atoms with Crippen LogP contribution in [0.25, 0.3) is 0 Å². The van der Waals surface area contributed by atoms with Crippen molar-refractivity contribution in [2.24, 2.45) is 0 Å². The summed E-state index contributed by atoms with van der Waals surface area (Å²) in [5.41, 5.74) is 0. The van der Waals surface area contributed by atoms with Gasteiger partial charge in [-0.1, -0.05) is 39.0 Å². The maximum atomic E-state index is 11.2. The average Bonchev–Trinajstić information content (AvgIpc) is 2.97. The van der Waals surface area contributed by atoms with Crippen molar-refractivity contribution < 1.29 is 14.3 Å². The Morgan fingerprint density at radius 1 is 1.20 bits per heavy atom. The van der Waals surface area contributed by atoms with E-state index in [1.165, 1.54) is 32.1 Å². The highest BCUT2D eigenvalue weighted by molar-refractivity contribution is 5.77. The first-order valence-corrected chi connectivity index (χ1v) is 6.11. The van der Waals surface area contributed by atoms with Gasteiger partial charge in [0, 0.05) is 0 Å². The van der Waals surface area contributed by atoms with Gasteiger partial charge in [-0.25, -0.2) is 4.79 Å². The lowest BCUT2D eigenvalue weighted by Crippen LogP contribution is -2.13. The fourth-order valence-electron chi connectivity index (χ4n) is 1.74. The molecule has 15 heavy (non-hydrogen) atoms. The number of hydrogen-bond acceptors (Lipinski definition) is 3. The van der Waals surface area contributed by atoms with Gasteiger partial charge in [-0.05, 0) is 13.3 Å². The van der Waals surface area contributed by atoms with Crippen LogP contribution in [0.3, 0.4) is 0 Å². The third-order valence-electron chi connectivity index (χ3n) is 2.69. The van der Waals surface area contributed by atoms with Crippen molar-refractivity contribution in [2.75, 3.05) is 6.61 Å². The lowest BCUT2D eigenvalue weighted by atomic mass is 10.1. The summed E-state index contributed by atoms with van der Waals surface area (Å²) in [4.78, 5) is 11.2. The van der Waals surface area contributed by atoms with E-state index in [9.17, 15) is 4.79 Å². The Hall–Kier alpha value is -0.570. The number of epoxide rings is 1. The van der Waals surface area contributed by atoms with Gasteiger partial charge in [0.1, 0.15) is 0 Å². The van der Waals surface area contributed by atoms with Crippen LogP contribution in [0.15, 0.2) is 0 Å². The van der Waals surface area contributed by atoms with Crippen molar-refractivity contribution in [1.82, 2.24) is 0 Å². The van der Waals surface area contributed by atoms with Gasteiger partial charge < -0.3 is 9.47 Å². The fourth-order valence-corrected chi connectivity index (χ4v) is 1.74. The maximum absolute atomic E-state index is 11.2. The number of hydrogen-bond donors (Lipinski definition) is 0. The van der Waals surface area contributed by atoms with Gasteiger partial charge in [0.2, 0.25) is 0 Å². The second-order valence-corrected chi connectivity index (χ2v) is 4.05. The Kier molecular flexibility index (Phi) is 5.69. The minimum Gasteiger partial charge on any atom is -0.464 e. The molecule has 0 bridgehead atoms. The zero-order valence-corrected chi connectivity index (χ0v) is 9.83. The van der Waals surface area contributed by atoms with Crippen molar-refractivity contribution in [1.29, 1.82) is 0 Å². The highest BCUT2D eigenvalue weighted by atomic mass is 16.6. The second-order valence-electron chi connectivity index (χ2n) is 4.05. The van der Waals surface area contributed by atoms with E-state index < -0.39 is 0 Å². The molecule has 1 aliphatic heterocycles. The van der Waals surface area contributed by atoms with Gasteiger partial charge in [0.25, 0.3) is 0 Å². The molecule has 3 heteroatoms. The summed E-state index contributed by atoms with van der Waals surface area (Å²) in [5, 5.41) is 0. The molecule has 0 aromatic rings. The number of rotatable bonds is 8. The zero-order chi connectivity index (χ0) is 11.1. The SMILES string of the molecule is CCCCCCC[C@@H]1O[C@@H]1C(=O)OCC. The third-order valence-corrected chi connectivity index (χ3v) is 2.69. The first kappa shape index (κ1) is 12.5. The minimum absolute atomic E-state index is 0.144. The molecule has 0 amide bonds. The Labute approximate surface area is 92.1 Å². The van der Waals surface area contributed by atoms with Crippen molar-refractivity contribution in [3.8, 4) is 0 Å². The molecule has 0 radical (unpaired) electrons. The normalized spacial score (nSPS) is 23.9. The molecule has 1 saturated heterocycles. The molecule has 1 fully saturated rings. The number of esters is 1. The van der Waals surface area contributed by atoms with Crippen molar-refractivity contribution >= 4 is 5.97 Å².